The number of aliphatic carboxylic acids is 1. The summed E-state index contributed by atoms with van der Waals surface area (Å²) in [7, 11) is 0. The molecule has 1 saturated carbocycles. The standard InChI is InChI=1S/C24H26N2O6/c27-15(11-21(28)26-22(23(29)30)14-9-10-14)12-25-24(31)32-13-20-18-7-3-1-5-16(18)17-6-2-4-8-19(17)20/h1-8,14-15,20,22,27H,9-13H2,(H,25,31)(H,26,28)(H,29,30). The van der Waals surface area contributed by atoms with Crippen molar-refractivity contribution in [2.24, 2.45) is 5.92 Å². The predicted molar refractivity (Wildman–Crippen MR) is 116 cm³/mol. The summed E-state index contributed by atoms with van der Waals surface area (Å²) < 4.78 is 5.39. The smallest absolute Gasteiger partial charge is 0.407 e. The zero-order valence-corrected chi connectivity index (χ0v) is 17.5. The van der Waals surface area contributed by atoms with Gasteiger partial charge in [0, 0.05) is 12.5 Å². The largest absolute Gasteiger partial charge is 0.480 e. The van der Waals surface area contributed by atoms with Gasteiger partial charge in [-0.15, -0.1) is 0 Å². The molecule has 0 heterocycles. The highest BCUT2D eigenvalue weighted by molar-refractivity contribution is 5.84. The number of fused-ring (bicyclic) bond motifs is 3. The maximum Gasteiger partial charge on any atom is 0.407 e. The third-order valence-electron chi connectivity index (χ3n) is 5.92. The number of aliphatic hydroxyl groups is 1. The second-order valence-corrected chi connectivity index (χ2v) is 8.29. The lowest BCUT2D eigenvalue weighted by molar-refractivity contribution is -0.142. The van der Waals surface area contributed by atoms with Crippen molar-refractivity contribution in [3.63, 3.8) is 0 Å². The molecule has 2 aliphatic carbocycles. The van der Waals surface area contributed by atoms with E-state index in [4.69, 9.17) is 9.84 Å². The van der Waals surface area contributed by atoms with Gasteiger partial charge in [0.15, 0.2) is 0 Å². The minimum Gasteiger partial charge on any atom is -0.480 e. The van der Waals surface area contributed by atoms with Gasteiger partial charge in [-0.05, 0) is 41.0 Å². The third-order valence-corrected chi connectivity index (χ3v) is 5.92. The zero-order chi connectivity index (χ0) is 22.7. The van der Waals surface area contributed by atoms with Crippen LogP contribution in [0.3, 0.4) is 0 Å². The minimum atomic E-state index is -1.15. The molecule has 32 heavy (non-hydrogen) atoms. The Morgan fingerprint density at radius 1 is 1.00 bits per heavy atom. The van der Waals surface area contributed by atoms with E-state index in [2.05, 4.69) is 10.6 Å². The molecule has 0 radical (unpaired) electrons. The number of hydrogen-bond donors (Lipinski definition) is 4. The Balaban J connectivity index is 1.24. The van der Waals surface area contributed by atoms with Crippen LogP contribution in [0.5, 0.6) is 0 Å². The maximum atomic E-state index is 12.2. The highest BCUT2D eigenvalue weighted by atomic mass is 16.5. The van der Waals surface area contributed by atoms with Gasteiger partial charge in [0.1, 0.15) is 12.6 Å². The van der Waals surface area contributed by atoms with Gasteiger partial charge in [0.05, 0.1) is 12.5 Å². The zero-order valence-electron chi connectivity index (χ0n) is 17.5. The Bertz CT molecular complexity index is 974. The molecule has 4 rings (SSSR count). The Morgan fingerprint density at radius 3 is 2.16 bits per heavy atom. The Morgan fingerprint density at radius 2 is 1.59 bits per heavy atom. The van der Waals surface area contributed by atoms with E-state index >= 15 is 0 Å². The lowest BCUT2D eigenvalue weighted by Gasteiger charge is -2.17. The molecule has 8 nitrogen and oxygen atoms in total. The average molecular weight is 438 g/mol. The van der Waals surface area contributed by atoms with Crippen LogP contribution in [0.25, 0.3) is 11.1 Å². The number of alkyl carbamates (subject to hydrolysis) is 1. The number of carboxylic acids is 1. The van der Waals surface area contributed by atoms with Gasteiger partial charge in [0.2, 0.25) is 5.91 Å². The summed E-state index contributed by atoms with van der Waals surface area (Å²) in [5.74, 6) is -1.76. The molecule has 0 aliphatic heterocycles. The minimum absolute atomic E-state index is 0.0486. The van der Waals surface area contributed by atoms with Crippen molar-refractivity contribution < 1.29 is 29.3 Å². The number of nitrogens with one attached hydrogen (secondary N) is 2. The maximum absolute atomic E-state index is 12.2. The van der Waals surface area contributed by atoms with Crippen LogP contribution in [-0.4, -0.2) is 53.5 Å². The number of amides is 2. The molecule has 2 aliphatic rings. The summed E-state index contributed by atoms with van der Waals surface area (Å²) in [5, 5.41) is 24.1. The van der Waals surface area contributed by atoms with Gasteiger partial charge >= 0.3 is 12.1 Å². The van der Waals surface area contributed by atoms with E-state index in [9.17, 15) is 19.5 Å². The van der Waals surface area contributed by atoms with Gasteiger partial charge in [0.25, 0.3) is 0 Å². The topological polar surface area (TPSA) is 125 Å². The number of aliphatic hydroxyl groups excluding tert-OH is 1. The van der Waals surface area contributed by atoms with E-state index in [0.717, 1.165) is 35.1 Å². The van der Waals surface area contributed by atoms with Crippen molar-refractivity contribution in [1.82, 2.24) is 10.6 Å². The van der Waals surface area contributed by atoms with Crippen molar-refractivity contribution in [2.75, 3.05) is 13.2 Å². The van der Waals surface area contributed by atoms with Gasteiger partial charge in [-0.1, -0.05) is 48.5 Å². The summed E-state index contributed by atoms with van der Waals surface area (Å²) >= 11 is 0. The van der Waals surface area contributed by atoms with Crippen molar-refractivity contribution in [2.45, 2.75) is 37.3 Å². The van der Waals surface area contributed by atoms with Gasteiger partial charge in [-0.2, -0.15) is 0 Å². The average Bonchev–Trinajstić information content (AvgIpc) is 3.57. The van der Waals surface area contributed by atoms with Crippen LogP contribution >= 0.6 is 0 Å². The Hall–Kier alpha value is -3.39. The second kappa shape index (κ2) is 9.40. The van der Waals surface area contributed by atoms with E-state index in [0.29, 0.717) is 0 Å². The molecule has 2 aromatic rings. The molecule has 0 saturated heterocycles. The van der Waals surface area contributed by atoms with E-state index in [1.165, 1.54) is 0 Å². The fraction of sp³-hybridized carbons (Fsp3) is 0.375. The van der Waals surface area contributed by atoms with E-state index in [1.54, 1.807) is 0 Å². The van der Waals surface area contributed by atoms with Gasteiger partial charge in [-0.3, -0.25) is 4.79 Å². The van der Waals surface area contributed by atoms with Gasteiger partial charge < -0.3 is 25.6 Å². The van der Waals surface area contributed by atoms with Crippen molar-refractivity contribution in [3.8, 4) is 11.1 Å². The first kappa shape index (κ1) is 21.8. The summed E-state index contributed by atoms with van der Waals surface area (Å²) in [5.41, 5.74) is 4.46. The molecule has 0 bridgehead atoms. The van der Waals surface area contributed by atoms with Crippen molar-refractivity contribution in [3.05, 3.63) is 59.7 Å². The monoisotopic (exact) mass is 438 g/mol. The summed E-state index contributed by atoms with van der Waals surface area (Å²) in [4.78, 5) is 35.4. The molecular formula is C24H26N2O6. The molecule has 2 aromatic carbocycles. The van der Waals surface area contributed by atoms with Crippen LogP contribution in [-0.2, 0) is 14.3 Å². The molecule has 168 valence electrons. The van der Waals surface area contributed by atoms with Crippen LogP contribution < -0.4 is 10.6 Å². The number of hydrogen-bond acceptors (Lipinski definition) is 5. The fourth-order valence-corrected chi connectivity index (χ4v) is 4.18. The molecule has 2 atom stereocenters. The number of rotatable bonds is 9. The van der Waals surface area contributed by atoms with E-state index in [-0.39, 0.29) is 31.4 Å². The SMILES string of the molecule is O=C(CC(O)CNC(=O)OCC1c2ccccc2-c2ccccc21)NC(C(=O)O)C1CC1. The molecular weight excluding hydrogens is 412 g/mol. The van der Waals surface area contributed by atoms with Crippen LogP contribution in [0.2, 0.25) is 0 Å². The highest BCUT2D eigenvalue weighted by Gasteiger charge is 2.37. The quantitative estimate of drug-likeness (QED) is 0.476. The van der Waals surface area contributed by atoms with Crippen molar-refractivity contribution in [1.29, 1.82) is 0 Å². The molecule has 1 fully saturated rings. The lowest BCUT2D eigenvalue weighted by atomic mass is 9.98. The molecule has 4 N–H and O–H groups in total. The van der Waals surface area contributed by atoms with Crippen LogP contribution in [0.1, 0.15) is 36.3 Å². The van der Waals surface area contributed by atoms with Gasteiger partial charge in [-0.25, -0.2) is 9.59 Å². The first-order chi connectivity index (χ1) is 15.4. The fourth-order valence-electron chi connectivity index (χ4n) is 4.18. The van der Waals surface area contributed by atoms with E-state index < -0.39 is 30.1 Å². The second-order valence-electron chi connectivity index (χ2n) is 8.29. The highest BCUT2D eigenvalue weighted by Crippen LogP contribution is 2.44. The first-order valence-electron chi connectivity index (χ1n) is 10.7. The Kier molecular flexibility index (Phi) is 6.41. The molecule has 2 amide bonds. The number of carboxylic acid groups (broad SMARTS) is 1. The number of carbonyl (C=O) groups is 3. The predicted octanol–water partition coefficient (Wildman–Crippen LogP) is 2.26. The van der Waals surface area contributed by atoms with Crippen LogP contribution in [0.4, 0.5) is 4.79 Å². The lowest BCUT2D eigenvalue weighted by Crippen LogP contribution is -2.44. The van der Waals surface area contributed by atoms with E-state index in [1.807, 2.05) is 48.5 Å². The normalized spacial score (nSPS) is 16.4. The van der Waals surface area contributed by atoms with Crippen LogP contribution in [0.15, 0.2) is 48.5 Å². The Labute approximate surface area is 185 Å². The number of carbonyl (C=O) groups excluding carboxylic acids is 2. The van der Waals surface area contributed by atoms with Crippen LogP contribution in [0, 0.1) is 5.92 Å². The third kappa shape index (κ3) is 4.91. The number of ether oxygens (including phenoxy) is 1. The van der Waals surface area contributed by atoms with Crippen molar-refractivity contribution >= 4 is 18.0 Å². The molecule has 2 unspecified atom stereocenters. The molecule has 0 spiro atoms. The first-order valence-corrected chi connectivity index (χ1v) is 10.7. The molecule has 8 heteroatoms. The molecule has 0 aromatic heterocycles. The summed E-state index contributed by atoms with van der Waals surface area (Å²) in [6.45, 7) is -0.0244. The summed E-state index contributed by atoms with van der Waals surface area (Å²) in [6.07, 6.45) is -0.608. The number of benzene rings is 2. The summed E-state index contributed by atoms with van der Waals surface area (Å²) in [6, 6.07) is 15.1.